The van der Waals surface area contributed by atoms with Gasteiger partial charge in [-0.1, -0.05) is 12.1 Å². The molecule has 0 spiro atoms. The van der Waals surface area contributed by atoms with Gasteiger partial charge in [0.2, 0.25) is 0 Å². The molecule has 0 radical (unpaired) electrons. The third-order valence-electron chi connectivity index (χ3n) is 3.93. The van der Waals surface area contributed by atoms with Gasteiger partial charge in [-0.2, -0.15) is 0 Å². The maximum Gasteiger partial charge on any atom is 0.328 e. The van der Waals surface area contributed by atoms with E-state index in [2.05, 4.69) is 10.0 Å². The number of esters is 2. The van der Waals surface area contributed by atoms with E-state index in [-0.39, 0.29) is 24.3 Å². The number of nitrogens with two attached hydrogens (primary N) is 1. The monoisotopic (exact) mass is 453 g/mol. The lowest BCUT2D eigenvalue weighted by Crippen LogP contribution is -2.41. The number of carbonyl (C=O) groups is 3. The molecule has 162 valence electrons. The van der Waals surface area contributed by atoms with Gasteiger partial charge < -0.3 is 20.5 Å². The van der Waals surface area contributed by atoms with Crippen molar-refractivity contribution in [1.29, 1.82) is 0 Å². The summed E-state index contributed by atoms with van der Waals surface area (Å²) in [7, 11) is -0.496. The van der Waals surface area contributed by atoms with Crippen LogP contribution in [-0.4, -0.2) is 41.8 Å². The number of benzene rings is 1. The Bertz CT molecular complexity index is 930. The average molecular weight is 454 g/mol. The van der Waals surface area contributed by atoms with Crippen LogP contribution in [0.1, 0.15) is 29.4 Å². The Hall–Kier alpha value is -2.92. The highest BCUT2D eigenvalue weighted by atomic mass is 32.2. The molecule has 0 bridgehead atoms. The van der Waals surface area contributed by atoms with Crippen LogP contribution in [0.25, 0.3) is 0 Å². The third-order valence-corrected chi connectivity index (χ3v) is 6.02. The summed E-state index contributed by atoms with van der Waals surface area (Å²) in [6, 6.07) is 7.24. The first-order valence-electron chi connectivity index (χ1n) is 9.02. The second kappa shape index (κ2) is 11.3. The van der Waals surface area contributed by atoms with Crippen LogP contribution in [0.4, 0.5) is 11.4 Å². The normalized spacial score (nSPS) is 12.5. The number of ether oxygens (including phenoxy) is 2. The van der Waals surface area contributed by atoms with Crippen LogP contribution >= 0.6 is 11.3 Å². The number of amides is 1. The number of carbonyl (C=O) groups excluding carboxylic acids is 3. The van der Waals surface area contributed by atoms with Crippen molar-refractivity contribution in [3.8, 4) is 0 Å². The molecule has 0 saturated carbocycles. The lowest BCUT2D eigenvalue weighted by atomic mass is 10.1. The molecule has 9 nitrogen and oxygen atoms in total. The molecule has 1 aromatic carbocycles. The molecule has 1 unspecified atom stereocenters. The molecule has 1 aromatic heterocycles. The van der Waals surface area contributed by atoms with Crippen molar-refractivity contribution >= 4 is 51.5 Å². The van der Waals surface area contributed by atoms with Crippen molar-refractivity contribution < 1.29 is 28.1 Å². The number of para-hydroxylation sites is 1. The van der Waals surface area contributed by atoms with Crippen LogP contribution in [-0.2, 0) is 30.0 Å². The molecule has 4 N–H and O–H groups in total. The maximum atomic E-state index is 12.7. The Morgan fingerprint density at radius 1 is 1.23 bits per heavy atom. The zero-order valence-corrected chi connectivity index (χ0v) is 18.1. The summed E-state index contributed by atoms with van der Waals surface area (Å²) < 4.78 is 24.9. The number of nitrogens with one attached hydrogen (secondary N) is 2. The smallest absolute Gasteiger partial charge is 0.328 e. The molecule has 0 aliphatic carbocycles. The zero-order chi connectivity index (χ0) is 22.1. The van der Waals surface area contributed by atoms with E-state index in [4.69, 9.17) is 15.2 Å². The highest BCUT2D eigenvalue weighted by Gasteiger charge is 2.25. The van der Waals surface area contributed by atoms with Gasteiger partial charge in [0.05, 0.1) is 24.3 Å². The van der Waals surface area contributed by atoms with Gasteiger partial charge >= 0.3 is 11.9 Å². The summed E-state index contributed by atoms with van der Waals surface area (Å²) in [5, 5.41) is 4.21. The van der Waals surface area contributed by atoms with Gasteiger partial charge in [-0.15, -0.1) is 11.3 Å². The Kier molecular flexibility index (Phi) is 8.81. The largest absolute Gasteiger partial charge is 0.467 e. The minimum atomic E-state index is -1.69. The molecule has 2 atom stereocenters. The van der Waals surface area contributed by atoms with Gasteiger partial charge in [0, 0.05) is 12.1 Å². The summed E-state index contributed by atoms with van der Waals surface area (Å²) in [6.45, 7) is 1.90. The fourth-order valence-electron chi connectivity index (χ4n) is 2.48. The van der Waals surface area contributed by atoms with Crippen molar-refractivity contribution in [3.63, 3.8) is 0 Å². The Morgan fingerprint density at radius 2 is 1.97 bits per heavy atom. The van der Waals surface area contributed by atoms with Crippen LogP contribution in [0, 0.1) is 0 Å². The Labute approximate surface area is 180 Å². The molecule has 0 aliphatic heterocycles. The summed E-state index contributed by atoms with van der Waals surface area (Å²) in [5.41, 5.74) is 6.53. The minimum absolute atomic E-state index is 0.0257. The van der Waals surface area contributed by atoms with Crippen LogP contribution in [0.2, 0.25) is 0 Å². The van der Waals surface area contributed by atoms with Gasteiger partial charge in [0.15, 0.2) is 11.0 Å². The molecule has 1 heterocycles. The fraction of sp³-hybridized carbons (Fsp3) is 0.316. The van der Waals surface area contributed by atoms with E-state index in [9.17, 15) is 18.6 Å². The fourth-order valence-corrected chi connectivity index (χ4v) is 4.26. The molecule has 30 heavy (non-hydrogen) atoms. The van der Waals surface area contributed by atoms with E-state index in [0.29, 0.717) is 16.3 Å². The van der Waals surface area contributed by atoms with Crippen molar-refractivity contribution in [2.45, 2.75) is 30.7 Å². The van der Waals surface area contributed by atoms with Gasteiger partial charge in [0.1, 0.15) is 10.9 Å². The molecule has 0 saturated heterocycles. The molecular weight excluding hydrogens is 430 g/mol. The maximum absolute atomic E-state index is 12.7. The SMILES string of the molecule is CCOC(=O)CC[C@H](NC(=O)c1sccc1NS(=O)c1ccccc1N)C(=O)OC. The number of hydrogen-bond acceptors (Lipinski definition) is 8. The first kappa shape index (κ1) is 23.4. The summed E-state index contributed by atoms with van der Waals surface area (Å²) in [4.78, 5) is 36.9. The number of hydrogen-bond donors (Lipinski definition) is 3. The first-order valence-corrected chi connectivity index (χ1v) is 11.0. The van der Waals surface area contributed by atoms with Crippen molar-refractivity contribution in [2.24, 2.45) is 0 Å². The van der Waals surface area contributed by atoms with E-state index < -0.39 is 34.9 Å². The Morgan fingerprint density at radius 3 is 2.63 bits per heavy atom. The number of rotatable bonds is 10. The predicted molar refractivity (Wildman–Crippen MR) is 114 cm³/mol. The first-order chi connectivity index (χ1) is 14.4. The second-order valence-electron chi connectivity index (χ2n) is 5.96. The van der Waals surface area contributed by atoms with E-state index in [1.807, 2.05) is 0 Å². The summed E-state index contributed by atoms with van der Waals surface area (Å²) in [6.07, 6.45) is -0.0292. The highest BCUT2D eigenvalue weighted by molar-refractivity contribution is 7.86. The molecule has 2 aromatic rings. The lowest BCUT2D eigenvalue weighted by molar-refractivity contribution is -0.145. The lowest BCUT2D eigenvalue weighted by Gasteiger charge is -2.16. The minimum Gasteiger partial charge on any atom is -0.467 e. The quantitative estimate of drug-likeness (QED) is 0.370. The van der Waals surface area contributed by atoms with Gasteiger partial charge in [-0.05, 0) is 36.9 Å². The topological polar surface area (TPSA) is 137 Å². The van der Waals surface area contributed by atoms with Gasteiger partial charge in [0.25, 0.3) is 5.91 Å². The van der Waals surface area contributed by atoms with E-state index in [1.54, 1.807) is 42.6 Å². The van der Waals surface area contributed by atoms with Gasteiger partial charge in [-0.25, -0.2) is 9.00 Å². The van der Waals surface area contributed by atoms with E-state index >= 15 is 0 Å². The van der Waals surface area contributed by atoms with Gasteiger partial charge in [-0.3, -0.25) is 14.3 Å². The zero-order valence-electron chi connectivity index (χ0n) is 16.5. The van der Waals surface area contributed by atoms with Crippen molar-refractivity contribution in [1.82, 2.24) is 5.32 Å². The molecule has 0 fully saturated rings. The van der Waals surface area contributed by atoms with Crippen LogP contribution in [0.5, 0.6) is 0 Å². The van der Waals surface area contributed by atoms with Crippen LogP contribution in [0.15, 0.2) is 40.6 Å². The standard InChI is InChI=1S/C19H23N3O6S2/c1-3-28-16(23)9-8-14(19(25)27-2)21-18(24)17-13(10-11-29-17)22-30(26)15-7-5-4-6-12(15)20/h4-7,10-11,14,22H,3,8-9,20H2,1-2H3,(H,21,24)/t14-,30?/m0/s1. The number of nitrogen functional groups attached to an aromatic ring is 1. The number of thiophene rings is 1. The number of methoxy groups -OCH3 is 1. The molecule has 11 heteroatoms. The molecule has 2 rings (SSSR count). The third kappa shape index (κ3) is 6.29. The van der Waals surface area contributed by atoms with E-state index in [1.165, 1.54) is 7.11 Å². The van der Waals surface area contributed by atoms with Crippen molar-refractivity contribution in [2.75, 3.05) is 24.2 Å². The average Bonchev–Trinajstić information content (AvgIpc) is 3.19. The molecule has 0 aliphatic rings. The summed E-state index contributed by atoms with van der Waals surface area (Å²) >= 11 is 1.11. The molecular formula is C19H23N3O6S2. The van der Waals surface area contributed by atoms with E-state index in [0.717, 1.165) is 11.3 Å². The summed E-state index contributed by atoms with van der Waals surface area (Å²) in [5.74, 6) is -1.72. The number of anilines is 2. The molecule has 1 amide bonds. The second-order valence-corrected chi connectivity index (χ2v) is 8.06. The van der Waals surface area contributed by atoms with Crippen LogP contribution in [0.3, 0.4) is 0 Å². The van der Waals surface area contributed by atoms with Crippen LogP contribution < -0.4 is 15.8 Å². The predicted octanol–water partition coefficient (Wildman–Crippen LogP) is 2.08. The highest BCUT2D eigenvalue weighted by Crippen LogP contribution is 2.25. The Balaban J connectivity index is 2.09. The van der Waals surface area contributed by atoms with Crippen molar-refractivity contribution in [3.05, 3.63) is 40.6 Å².